The van der Waals surface area contributed by atoms with E-state index in [0.29, 0.717) is 42.5 Å². The number of ketones is 1. The number of hydrogen-bond donors (Lipinski definition) is 1. The molecule has 1 atom stereocenters. The number of Topliss-reactive ketones (excluding diaryl/α,β-unsaturated/α-hetero) is 1. The molecule has 2 aromatic carbocycles. The molecule has 6 nitrogen and oxygen atoms in total. The van der Waals surface area contributed by atoms with Crippen LogP contribution in [0.3, 0.4) is 0 Å². The van der Waals surface area contributed by atoms with Crippen LogP contribution in [-0.4, -0.2) is 49.7 Å². The van der Waals surface area contributed by atoms with Gasteiger partial charge in [-0.15, -0.1) is 0 Å². The van der Waals surface area contributed by atoms with Gasteiger partial charge in [0.2, 0.25) is 0 Å². The zero-order chi connectivity index (χ0) is 20.8. The van der Waals surface area contributed by atoms with Gasteiger partial charge in [0.05, 0.1) is 26.4 Å². The number of ether oxygens (including phenoxy) is 3. The fourth-order valence-corrected chi connectivity index (χ4v) is 3.84. The fraction of sp³-hybridized carbons (Fsp3) is 0.435. The molecule has 6 heteroatoms. The van der Waals surface area contributed by atoms with Gasteiger partial charge in [-0.2, -0.15) is 0 Å². The molecule has 1 N–H and O–H groups in total. The first kappa shape index (κ1) is 21.0. The lowest BCUT2D eigenvalue weighted by molar-refractivity contribution is 0.0807. The average Bonchev–Trinajstić information content (AvgIpc) is 2.76. The van der Waals surface area contributed by atoms with Crippen molar-refractivity contribution >= 4 is 5.78 Å². The molecule has 29 heavy (non-hydrogen) atoms. The minimum absolute atomic E-state index is 0.0847. The van der Waals surface area contributed by atoms with E-state index < -0.39 is 0 Å². The minimum atomic E-state index is -0.108. The predicted octanol–water partition coefficient (Wildman–Crippen LogP) is 3.90. The summed E-state index contributed by atoms with van der Waals surface area (Å²) >= 11 is 0. The Hall–Kier alpha value is -2.73. The molecule has 3 rings (SSSR count). The Morgan fingerprint density at radius 3 is 2.72 bits per heavy atom. The van der Waals surface area contributed by atoms with Gasteiger partial charge in [-0.1, -0.05) is 12.1 Å². The zero-order valence-electron chi connectivity index (χ0n) is 17.3. The molecular weight excluding hydrogens is 370 g/mol. The first-order chi connectivity index (χ1) is 14.1. The molecule has 1 saturated heterocycles. The lowest BCUT2D eigenvalue weighted by Crippen LogP contribution is -2.38. The molecule has 0 amide bonds. The van der Waals surface area contributed by atoms with Gasteiger partial charge in [0.1, 0.15) is 11.5 Å². The topological polar surface area (TPSA) is 68.2 Å². The van der Waals surface area contributed by atoms with Crippen LogP contribution in [0.15, 0.2) is 36.4 Å². The number of methoxy groups -OCH3 is 2. The van der Waals surface area contributed by atoms with Crippen molar-refractivity contribution in [3.8, 4) is 23.0 Å². The van der Waals surface area contributed by atoms with E-state index in [4.69, 9.17) is 14.2 Å². The van der Waals surface area contributed by atoms with Crippen molar-refractivity contribution in [2.75, 3.05) is 33.9 Å². The number of phenols is 1. The summed E-state index contributed by atoms with van der Waals surface area (Å²) in [6.07, 6.45) is 1.77. The van der Waals surface area contributed by atoms with Gasteiger partial charge in [-0.3, -0.25) is 9.69 Å². The molecule has 0 saturated carbocycles. The Morgan fingerprint density at radius 1 is 1.17 bits per heavy atom. The van der Waals surface area contributed by atoms with Gasteiger partial charge in [0, 0.05) is 30.6 Å². The Bertz CT molecular complexity index is 851. The molecule has 1 aliphatic rings. The maximum Gasteiger partial charge on any atom is 0.170 e. The highest BCUT2D eigenvalue weighted by atomic mass is 16.5. The molecule has 0 aromatic heterocycles. The molecular formula is C23H29NO5. The highest BCUT2D eigenvalue weighted by molar-refractivity contribution is 6.00. The second-order valence-corrected chi connectivity index (χ2v) is 7.20. The Balaban J connectivity index is 1.73. The van der Waals surface area contributed by atoms with Crippen LogP contribution in [0.5, 0.6) is 23.0 Å². The number of phenolic OH excluding ortho intramolecular Hbond substituents is 1. The maximum atomic E-state index is 13.2. The van der Waals surface area contributed by atoms with Crippen molar-refractivity contribution in [2.24, 2.45) is 5.92 Å². The minimum Gasteiger partial charge on any atom is -0.504 e. The maximum absolute atomic E-state index is 13.2. The first-order valence-electron chi connectivity index (χ1n) is 9.99. The zero-order valence-corrected chi connectivity index (χ0v) is 17.3. The number of carbonyl (C=O) groups is 1. The van der Waals surface area contributed by atoms with Crippen LogP contribution >= 0.6 is 0 Å². The van der Waals surface area contributed by atoms with Crippen LogP contribution in [0.2, 0.25) is 0 Å². The van der Waals surface area contributed by atoms with Crippen LogP contribution in [-0.2, 0) is 6.54 Å². The van der Waals surface area contributed by atoms with Gasteiger partial charge < -0.3 is 19.3 Å². The number of likely N-dealkylation sites (tertiary alicyclic amines) is 1. The summed E-state index contributed by atoms with van der Waals surface area (Å²) in [6.45, 7) is 4.51. The summed E-state index contributed by atoms with van der Waals surface area (Å²) in [5.74, 6) is 1.85. The van der Waals surface area contributed by atoms with Crippen molar-refractivity contribution in [1.29, 1.82) is 0 Å². The van der Waals surface area contributed by atoms with Crippen molar-refractivity contribution < 1.29 is 24.1 Å². The molecule has 1 fully saturated rings. The van der Waals surface area contributed by atoms with Crippen LogP contribution in [0, 0.1) is 5.92 Å². The van der Waals surface area contributed by atoms with Gasteiger partial charge >= 0.3 is 0 Å². The normalized spacial score (nSPS) is 17.0. The van der Waals surface area contributed by atoms with Gasteiger partial charge in [-0.05, 0) is 44.5 Å². The summed E-state index contributed by atoms with van der Waals surface area (Å²) in [6, 6.07) is 10.8. The van der Waals surface area contributed by atoms with E-state index in [0.717, 1.165) is 24.9 Å². The van der Waals surface area contributed by atoms with E-state index in [9.17, 15) is 9.90 Å². The molecule has 1 aliphatic heterocycles. The first-order valence-corrected chi connectivity index (χ1v) is 9.99. The SMILES string of the molecule is CCOc1cccc(CN2CCCC(C(=O)c3ccc(OC)cc3OC)C2)c1O. The van der Waals surface area contributed by atoms with E-state index in [1.165, 1.54) is 0 Å². The van der Waals surface area contributed by atoms with E-state index in [1.54, 1.807) is 38.5 Å². The van der Waals surface area contributed by atoms with Gasteiger partial charge in [0.25, 0.3) is 0 Å². The smallest absolute Gasteiger partial charge is 0.170 e. The largest absolute Gasteiger partial charge is 0.504 e. The van der Waals surface area contributed by atoms with Crippen LogP contribution in [0.4, 0.5) is 0 Å². The highest BCUT2D eigenvalue weighted by Gasteiger charge is 2.29. The summed E-state index contributed by atoms with van der Waals surface area (Å²) in [5.41, 5.74) is 1.40. The van der Waals surface area contributed by atoms with Crippen LogP contribution in [0.1, 0.15) is 35.7 Å². The lowest BCUT2D eigenvalue weighted by Gasteiger charge is -2.32. The number of aromatic hydroxyl groups is 1. The summed E-state index contributed by atoms with van der Waals surface area (Å²) < 4.78 is 16.1. The van der Waals surface area contributed by atoms with Gasteiger partial charge in [0.15, 0.2) is 17.3 Å². The number of nitrogens with zero attached hydrogens (tertiary/aromatic N) is 1. The molecule has 0 bridgehead atoms. The number of carbonyl (C=O) groups excluding carboxylic acids is 1. The molecule has 0 spiro atoms. The second kappa shape index (κ2) is 9.65. The van der Waals surface area contributed by atoms with Crippen molar-refractivity contribution in [2.45, 2.75) is 26.3 Å². The van der Waals surface area contributed by atoms with Crippen LogP contribution < -0.4 is 14.2 Å². The third kappa shape index (κ3) is 4.82. The standard InChI is InChI=1S/C23H29NO5/c1-4-29-20-9-5-7-17(23(20)26)15-24-12-6-8-16(14-24)22(25)19-11-10-18(27-2)13-21(19)28-3/h5,7,9-11,13,16,26H,4,6,8,12,14-15H2,1-3H3. The van der Waals surface area contributed by atoms with Gasteiger partial charge in [-0.25, -0.2) is 0 Å². The summed E-state index contributed by atoms with van der Waals surface area (Å²) in [7, 11) is 3.15. The molecule has 2 aromatic rings. The highest BCUT2D eigenvalue weighted by Crippen LogP contribution is 2.33. The van der Waals surface area contributed by atoms with Crippen molar-refractivity contribution in [3.63, 3.8) is 0 Å². The number of piperidine rings is 1. The predicted molar refractivity (Wildman–Crippen MR) is 111 cm³/mol. The summed E-state index contributed by atoms with van der Waals surface area (Å²) in [4.78, 5) is 15.4. The Kier molecular flexibility index (Phi) is 6.99. The molecule has 0 radical (unpaired) electrons. The van der Waals surface area contributed by atoms with Crippen molar-refractivity contribution in [1.82, 2.24) is 4.90 Å². The monoisotopic (exact) mass is 399 g/mol. The van der Waals surface area contributed by atoms with E-state index >= 15 is 0 Å². The van der Waals surface area contributed by atoms with E-state index in [2.05, 4.69) is 4.90 Å². The molecule has 0 aliphatic carbocycles. The number of para-hydroxylation sites is 1. The molecule has 156 valence electrons. The third-order valence-corrected chi connectivity index (χ3v) is 5.33. The fourth-order valence-electron chi connectivity index (χ4n) is 3.84. The van der Waals surface area contributed by atoms with E-state index in [-0.39, 0.29) is 17.5 Å². The number of hydrogen-bond acceptors (Lipinski definition) is 6. The van der Waals surface area contributed by atoms with E-state index in [1.807, 2.05) is 19.1 Å². The molecule has 1 heterocycles. The number of benzene rings is 2. The third-order valence-electron chi connectivity index (χ3n) is 5.33. The Morgan fingerprint density at radius 2 is 2.00 bits per heavy atom. The average molecular weight is 399 g/mol. The number of rotatable bonds is 8. The Labute approximate surface area is 172 Å². The quantitative estimate of drug-likeness (QED) is 0.679. The van der Waals surface area contributed by atoms with Crippen LogP contribution in [0.25, 0.3) is 0 Å². The summed E-state index contributed by atoms with van der Waals surface area (Å²) in [5, 5.41) is 10.5. The second-order valence-electron chi connectivity index (χ2n) is 7.20. The molecule has 1 unspecified atom stereocenters. The lowest BCUT2D eigenvalue weighted by atomic mass is 9.89. The van der Waals surface area contributed by atoms with Crippen molar-refractivity contribution in [3.05, 3.63) is 47.5 Å².